The van der Waals surface area contributed by atoms with E-state index in [1.807, 2.05) is 36.4 Å². The maximum absolute atomic E-state index is 12.7. The Kier molecular flexibility index (Phi) is 3.84. The van der Waals surface area contributed by atoms with Crippen molar-refractivity contribution >= 4 is 33.4 Å². The van der Waals surface area contributed by atoms with Crippen molar-refractivity contribution in [3.63, 3.8) is 0 Å². The van der Waals surface area contributed by atoms with E-state index in [1.165, 1.54) is 0 Å². The van der Waals surface area contributed by atoms with Gasteiger partial charge in [0.25, 0.3) is 5.91 Å². The van der Waals surface area contributed by atoms with E-state index in [1.54, 1.807) is 18.3 Å². The minimum absolute atomic E-state index is 0.138. The monoisotopic (exact) mass is 345 g/mol. The van der Waals surface area contributed by atoms with Crippen LogP contribution in [-0.4, -0.2) is 15.9 Å². The molecule has 0 atom stereocenters. The molecule has 0 fully saturated rings. The van der Waals surface area contributed by atoms with Crippen LogP contribution in [0.4, 0.5) is 5.69 Å². The molecule has 26 heavy (non-hydrogen) atoms. The molecule has 0 unspecified atom stereocenters. The van der Waals surface area contributed by atoms with Gasteiger partial charge in [0.1, 0.15) is 0 Å². The number of hydrogen-bond donors (Lipinski definition) is 3. The van der Waals surface area contributed by atoms with E-state index in [0.717, 1.165) is 27.4 Å². The lowest BCUT2D eigenvalue weighted by atomic mass is 9.99. The Labute approximate surface area is 150 Å². The molecule has 3 N–H and O–H groups in total. The Morgan fingerprint density at radius 2 is 1.81 bits per heavy atom. The molecule has 1 amide bonds. The van der Waals surface area contributed by atoms with E-state index in [4.69, 9.17) is 0 Å². The quantitative estimate of drug-likeness (QED) is 0.515. The Morgan fingerprint density at radius 3 is 2.62 bits per heavy atom. The first-order valence-corrected chi connectivity index (χ1v) is 8.57. The predicted molar refractivity (Wildman–Crippen MR) is 105 cm³/mol. The van der Waals surface area contributed by atoms with Crippen molar-refractivity contribution in [1.82, 2.24) is 9.97 Å². The zero-order valence-electron chi connectivity index (χ0n) is 14.6. The number of pyridine rings is 1. The highest BCUT2D eigenvalue weighted by Gasteiger charge is 2.13. The van der Waals surface area contributed by atoms with Crippen molar-refractivity contribution in [3.05, 3.63) is 76.2 Å². The summed E-state index contributed by atoms with van der Waals surface area (Å²) in [6, 6.07) is 14.9. The molecule has 0 aliphatic rings. The zero-order chi connectivity index (χ0) is 18.3. The Morgan fingerprint density at radius 1 is 1.00 bits per heavy atom. The fourth-order valence-corrected chi connectivity index (χ4v) is 3.30. The van der Waals surface area contributed by atoms with Crippen LogP contribution in [0.1, 0.15) is 35.7 Å². The topological polar surface area (TPSA) is 77.8 Å². The fourth-order valence-electron chi connectivity index (χ4n) is 3.30. The Bertz CT molecular complexity index is 1180. The van der Waals surface area contributed by atoms with Crippen molar-refractivity contribution in [1.29, 1.82) is 0 Å². The molecular formula is C21H19N3O2. The summed E-state index contributed by atoms with van der Waals surface area (Å²) < 4.78 is 0. The van der Waals surface area contributed by atoms with E-state index in [9.17, 15) is 9.59 Å². The van der Waals surface area contributed by atoms with E-state index < -0.39 is 0 Å². The molecular weight excluding hydrogens is 326 g/mol. The van der Waals surface area contributed by atoms with Crippen molar-refractivity contribution in [3.8, 4) is 0 Å². The Hall–Kier alpha value is -3.34. The highest BCUT2D eigenvalue weighted by atomic mass is 16.1. The van der Waals surface area contributed by atoms with Crippen LogP contribution < -0.4 is 10.9 Å². The number of hydrogen-bond acceptors (Lipinski definition) is 2. The molecule has 4 aromatic rings. The number of nitrogens with one attached hydrogen (secondary N) is 3. The fraction of sp³-hybridized carbons (Fsp3) is 0.143. The second kappa shape index (κ2) is 6.19. The summed E-state index contributed by atoms with van der Waals surface area (Å²) >= 11 is 0. The van der Waals surface area contributed by atoms with Gasteiger partial charge >= 0.3 is 0 Å². The number of carbonyl (C=O) groups excluding carboxylic acids is 1. The number of amides is 1. The van der Waals surface area contributed by atoms with Crippen LogP contribution in [0.2, 0.25) is 0 Å². The number of H-pyrrole nitrogens is 2. The molecule has 2 heterocycles. The lowest BCUT2D eigenvalue weighted by molar-refractivity contribution is 0.102. The van der Waals surface area contributed by atoms with Gasteiger partial charge in [-0.1, -0.05) is 38.1 Å². The van der Waals surface area contributed by atoms with Gasteiger partial charge in [0.05, 0.1) is 11.1 Å². The van der Waals surface area contributed by atoms with Crippen LogP contribution in [0.5, 0.6) is 0 Å². The summed E-state index contributed by atoms with van der Waals surface area (Å²) in [6.07, 6.45) is 1.71. The summed E-state index contributed by atoms with van der Waals surface area (Å²) in [5.41, 5.74) is 3.73. The molecule has 0 radical (unpaired) electrons. The predicted octanol–water partition coefficient (Wildman–Crippen LogP) is 4.39. The standard InChI is InChI=1S/C21H19N3O2/c1-12(2)16-10-20(25)24-19-9-13(7-8-15(16)19)23-21(26)17-11-22-18-6-4-3-5-14(17)18/h3-12,22H,1-2H3,(H,23,26)(H,24,25). The molecule has 0 saturated heterocycles. The second-order valence-corrected chi connectivity index (χ2v) is 6.71. The van der Waals surface area contributed by atoms with Gasteiger partial charge in [-0.3, -0.25) is 9.59 Å². The molecule has 5 heteroatoms. The molecule has 5 nitrogen and oxygen atoms in total. The summed E-state index contributed by atoms with van der Waals surface area (Å²) in [7, 11) is 0. The molecule has 2 aromatic heterocycles. The minimum atomic E-state index is -0.191. The van der Waals surface area contributed by atoms with Gasteiger partial charge in [0.15, 0.2) is 0 Å². The van der Waals surface area contributed by atoms with E-state index in [-0.39, 0.29) is 17.4 Å². The molecule has 0 spiro atoms. The third-order valence-electron chi connectivity index (χ3n) is 4.59. The lowest BCUT2D eigenvalue weighted by Crippen LogP contribution is -2.12. The lowest BCUT2D eigenvalue weighted by Gasteiger charge is -2.11. The van der Waals surface area contributed by atoms with Crippen molar-refractivity contribution in [2.45, 2.75) is 19.8 Å². The SMILES string of the molecule is CC(C)c1cc(=O)[nH]c2cc(NC(=O)c3c[nH]c4ccccc34)ccc12. The van der Waals surface area contributed by atoms with Crippen molar-refractivity contribution < 1.29 is 4.79 Å². The van der Waals surface area contributed by atoms with Gasteiger partial charge in [0, 0.05) is 34.2 Å². The molecule has 130 valence electrons. The van der Waals surface area contributed by atoms with Crippen LogP contribution in [0.3, 0.4) is 0 Å². The number of rotatable bonds is 3. The first kappa shape index (κ1) is 16.1. The van der Waals surface area contributed by atoms with Crippen LogP contribution in [0.25, 0.3) is 21.8 Å². The highest BCUT2D eigenvalue weighted by molar-refractivity contribution is 6.13. The van der Waals surface area contributed by atoms with E-state index >= 15 is 0 Å². The highest BCUT2D eigenvalue weighted by Crippen LogP contribution is 2.25. The van der Waals surface area contributed by atoms with Crippen LogP contribution in [0.15, 0.2) is 59.5 Å². The van der Waals surface area contributed by atoms with Gasteiger partial charge in [0.2, 0.25) is 5.56 Å². The van der Waals surface area contributed by atoms with E-state index in [2.05, 4.69) is 29.1 Å². The molecule has 0 aliphatic carbocycles. The van der Waals surface area contributed by atoms with Crippen LogP contribution in [0, 0.1) is 0 Å². The zero-order valence-corrected chi connectivity index (χ0v) is 14.6. The van der Waals surface area contributed by atoms with Gasteiger partial charge < -0.3 is 15.3 Å². The molecule has 0 bridgehead atoms. The molecule has 0 saturated carbocycles. The smallest absolute Gasteiger partial charge is 0.257 e. The number of aromatic nitrogens is 2. The van der Waals surface area contributed by atoms with Gasteiger partial charge in [-0.05, 0) is 29.7 Å². The number of anilines is 1. The third kappa shape index (κ3) is 2.77. The van der Waals surface area contributed by atoms with Crippen molar-refractivity contribution in [2.75, 3.05) is 5.32 Å². The summed E-state index contributed by atoms with van der Waals surface area (Å²) in [4.78, 5) is 30.5. The number of para-hydroxylation sites is 1. The number of fused-ring (bicyclic) bond motifs is 2. The average molecular weight is 345 g/mol. The number of carbonyl (C=O) groups is 1. The van der Waals surface area contributed by atoms with Crippen LogP contribution in [-0.2, 0) is 0 Å². The van der Waals surface area contributed by atoms with Gasteiger partial charge in [-0.25, -0.2) is 0 Å². The summed E-state index contributed by atoms with van der Waals surface area (Å²) in [5, 5.41) is 4.78. The summed E-state index contributed by atoms with van der Waals surface area (Å²) in [5.74, 6) is 0.0515. The van der Waals surface area contributed by atoms with Gasteiger partial charge in [-0.2, -0.15) is 0 Å². The summed E-state index contributed by atoms with van der Waals surface area (Å²) in [6.45, 7) is 4.11. The molecule has 0 aliphatic heterocycles. The molecule has 2 aromatic carbocycles. The van der Waals surface area contributed by atoms with Crippen molar-refractivity contribution in [2.24, 2.45) is 0 Å². The van der Waals surface area contributed by atoms with E-state index in [0.29, 0.717) is 11.3 Å². The molecule has 4 rings (SSSR count). The normalized spacial score (nSPS) is 11.3. The first-order valence-electron chi connectivity index (χ1n) is 8.57. The van der Waals surface area contributed by atoms with Crippen LogP contribution >= 0.6 is 0 Å². The largest absolute Gasteiger partial charge is 0.360 e. The first-order chi connectivity index (χ1) is 12.5. The number of aromatic amines is 2. The minimum Gasteiger partial charge on any atom is -0.360 e. The maximum atomic E-state index is 12.7. The average Bonchev–Trinajstić information content (AvgIpc) is 3.04. The maximum Gasteiger partial charge on any atom is 0.257 e. The second-order valence-electron chi connectivity index (χ2n) is 6.71. The number of benzene rings is 2. The third-order valence-corrected chi connectivity index (χ3v) is 4.59. The van der Waals surface area contributed by atoms with Gasteiger partial charge in [-0.15, -0.1) is 0 Å². The Balaban J connectivity index is 1.71.